The number of hydrogen-bond acceptors (Lipinski definition) is 4. The summed E-state index contributed by atoms with van der Waals surface area (Å²) in [4.78, 5) is 16.8. The molecule has 0 bridgehead atoms. The van der Waals surface area contributed by atoms with Gasteiger partial charge in [-0.05, 0) is 65.2 Å². The normalized spacial score (nSPS) is 14.1. The second kappa shape index (κ2) is 8.78. The van der Waals surface area contributed by atoms with E-state index in [1.165, 1.54) is 12.8 Å². The van der Waals surface area contributed by atoms with E-state index < -0.39 is 0 Å². The minimum Gasteiger partial charge on any atom is -0.497 e. The number of carbonyl (C=O) groups is 1. The number of pyridine rings is 1. The van der Waals surface area contributed by atoms with Crippen LogP contribution >= 0.6 is 15.9 Å². The SMILES string of the molecule is COc1ccc(Br)c(C(=O)NCc2cc(-c3ccncc3)n(C3CCCC3)n2)c1. The van der Waals surface area contributed by atoms with Crippen LogP contribution in [-0.4, -0.2) is 27.8 Å². The van der Waals surface area contributed by atoms with Crippen molar-refractivity contribution in [2.24, 2.45) is 0 Å². The molecule has 1 amide bonds. The van der Waals surface area contributed by atoms with E-state index in [1.54, 1.807) is 25.6 Å². The van der Waals surface area contributed by atoms with Crippen molar-refractivity contribution in [3.63, 3.8) is 0 Å². The molecule has 2 heterocycles. The lowest BCUT2D eigenvalue weighted by Crippen LogP contribution is -2.23. The van der Waals surface area contributed by atoms with Crippen LogP contribution in [0.2, 0.25) is 0 Å². The summed E-state index contributed by atoms with van der Waals surface area (Å²) in [6, 6.07) is 11.8. The number of nitrogens with zero attached hydrogens (tertiary/aromatic N) is 3. The molecule has 0 unspecified atom stereocenters. The van der Waals surface area contributed by atoms with Gasteiger partial charge >= 0.3 is 0 Å². The fraction of sp³-hybridized carbons (Fsp3) is 0.318. The Hall–Kier alpha value is -2.67. The first-order chi connectivity index (χ1) is 14.2. The molecule has 6 nitrogen and oxygen atoms in total. The molecule has 1 fully saturated rings. The highest BCUT2D eigenvalue weighted by Gasteiger charge is 2.22. The van der Waals surface area contributed by atoms with Gasteiger partial charge in [0.05, 0.1) is 36.6 Å². The van der Waals surface area contributed by atoms with Gasteiger partial charge in [-0.3, -0.25) is 14.5 Å². The Balaban J connectivity index is 1.55. The molecule has 0 radical (unpaired) electrons. The summed E-state index contributed by atoms with van der Waals surface area (Å²) in [5.74, 6) is 0.473. The van der Waals surface area contributed by atoms with Crippen LogP contribution < -0.4 is 10.1 Å². The van der Waals surface area contributed by atoms with E-state index in [1.807, 2.05) is 24.3 Å². The fourth-order valence-electron chi connectivity index (χ4n) is 3.77. The van der Waals surface area contributed by atoms with Gasteiger partial charge < -0.3 is 10.1 Å². The van der Waals surface area contributed by atoms with Gasteiger partial charge in [0.25, 0.3) is 5.91 Å². The molecular formula is C22H23BrN4O2. The summed E-state index contributed by atoms with van der Waals surface area (Å²) >= 11 is 3.44. The quantitative estimate of drug-likeness (QED) is 0.582. The zero-order valence-electron chi connectivity index (χ0n) is 16.3. The average Bonchev–Trinajstić information content (AvgIpc) is 3.43. The predicted octanol–water partition coefficient (Wildman–Crippen LogP) is 4.76. The molecule has 4 rings (SSSR count). The maximum Gasteiger partial charge on any atom is 0.252 e. The molecule has 7 heteroatoms. The Kier molecular flexibility index (Phi) is 5.94. The highest BCUT2D eigenvalue weighted by Crippen LogP contribution is 2.33. The van der Waals surface area contributed by atoms with Crippen LogP contribution in [0, 0.1) is 0 Å². The van der Waals surface area contributed by atoms with Crippen molar-refractivity contribution in [3.8, 4) is 17.0 Å². The zero-order chi connectivity index (χ0) is 20.2. The summed E-state index contributed by atoms with van der Waals surface area (Å²) in [6.07, 6.45) is 8.34. The second-order valence-corrected chi connectivity index (χ2v) is 8.02. The summed E-state index contributed by atoms with van der Waals surface area (Å²) in [5.41, 5.74) is 3.55. The molecule has 29 heavy (non-hydrogen) atoms. The summed E-state index contributed by atoms with van der Waals surface area (Å²) in [7, 11) is 1.58. The van der Waals surface area contributed by atoms with Crippen LogP contribution in [0.5, 0.6) is 5.75 Å². The molecule has 150 valence electrons. The second-order valence-electron chi connectivity index (χ2n) is 7.17. The minimum atomic E-state index is -0.170. The molecular weight excluding hydrogens is 432 g/mol. The fourth-order valence-corrected chi connectivity index (χ4v) is 4.20. The van der Waals surface area contributed by atoms with Gasteiger partial charge in [-0.15, -0.1) is 0 Å². The lowest BCUT2D eigenvalue weighted by molar-refractivity contribution is 0.0949. The van der Waals surface area contributed by atoms with E-state index in [-0.39, 0.29) is 5.91 Å². The van der Waals surface area contributed by atoms with E-state index in [0.29, 0.717) is 23.9 Å². The van der Waals surface area contributed by atoms with Crippen molar-refractivity contribution in [1.29, 1.82) is 0 Å². The molecule has 2 aromatic heterocycles. The monoisotopic (exact) mass is 454 g/mol. The molecule has 0 atom stereocenters. The number of hydrogen-bond donors (Lipinski definition) is 1. The summed E-state index contributed by atoms with van der Waals surface area (Å²) in [5, 5.41) is 7.81. The maximum absolute atomic E-state index is 12.7. The van der Waals surface area contributed by atoms with Gasteiger partial charge in [0.15, 0.2) is 0 Å². The predicted molar refractivity (Wildman–Crippen MR) is 115 cm³/mol. The number of ether oxygens (including phenoxy) is 1. The molecule has 1 aromatic carbocycles. The molecule has 1 N–H and O–H groups in total. The minimum absolute atomic E-state index is 0.170. The number of benzene rings is 1. The van der Waals surface area contributed by atoms with E-state index in [0.717, 1.165) is 34.3 Å². The van der Waals surface area contributed by atoms with Gasteiger partial charge in [0, 0.05) is 22.4 Å². The third-order valence-electron chi connectivity index (χ3n) is 5.28. The standard InChI is InChI=1S/C22H23BrN4O2/c1-29-18-6-7-20(23)19(13-18)22(28)25-14-16-12-21(15-8-10-24-11-9-15)27(26-16)17-4-2-3-5-17/h6-13,17H,2-5,14H2,1H3,(H,25,28). The lowest BCUT2D eigenvalue weighted by Gasteiger charge is -2.14. The highest BCUT2D eigenvalue weighted by molar-refractivity contribution is 9.10. The molecule has 3 aromatic rings. The van der Waals surface area contributed by atoms with Crippen molar-refractivity contribution in [2.45, 2.75) is 38.3 Å². The number of nitrogens with one attached hydrogen (secondary N) is 1. The largest absolute Gasteiger partial charge is 0.497 e. The van der Waals surface area contributed by atoms with Gasteiger partial charge in [-0.2, -0.15) is 5.10 Å². The Morgan fingerprint density at radius 3 is 2.69 bits per heavy atom. The van der Waals surface area contributed by atoms with E-state index in [9.17, 15) is 4.79 Å². The Morgan fingerprint density at radius 1 is 1.21 bits per heavy atom. The van der Waals surface area contributed by atoms with Gasteiger partial charge in [0.1, 0.15) is 5.75 Å². The smallest absolute Gasteiger partial charge is 0.252 e. The highest BCUT2D eigenvalue weighted by atomic mass is 79.9. The van der Waals surface area contributed by atoms with Gasteiger partial charge in [0.2, 0.25) is 0 Å². The first kappa shape index (κ1) is 19.6. The number of amides is 1. The molecule has 1 saturated carbocycles. The topological polar surface area (TPSA) is 69.0 Å². The Bertz CT molecular complexity index is 997. The van der Waals surface area contributed by atoms with Crippen LogP contribution in [-0.2, 0) is 6.54 Å². The summed E-state index contributed by atoms with van der Waals surface area (Å²) < 4.78 is 8.08. The molecule has 1 aliphatic carbocycles. The summed E-state index contributed by atoms with van der Waals surface area (Å²) in [6.45, 7) is 0.361. The van der Waals surface area contributed by atoms with Crippen molar-refractivity contribution in [1.82, 2.24) is 20.1 Å². The molecule has 0 saturated heterocycles. The first-order valence-corrected chi connectivity index (χ1v) is 10.6. The van der Waals surface area contributed by atoms with Crippen LogP contribution in [0.4, 0.5) is 0 Å². The van der Waals surface area contributed by atoms with Crippen LogP contribution in [0.25, 0.3) is 11.3 Å². The molecule has 0 spiro atoms. The van der Waals surface area contributed by atoms with Gasteiger partial charge in [-0.1, -0.05) is 12.8 Å². The number of rotatable bonds is 6. The van der Waals surface area contributed by atoms with E-state index >= 15 is 0 Å². The van der Waals surface area contributed by atoms with E-state index in [2.05, 4.69) is 37.0 Å². The number of halogens is 1. The van der Waals surface area contributed by atoms with Crippen LogP contribution in [0.3, 0.4) is 0 Å². The third kappa shape index (κ3) is 4.34. The number of methoxy groups -OCH3 is 1. The van der Waals surface area contributed by atoms with Crippen molar-refractivity contribution in [2.75, 3.05) is 7.11 Å². The zero-order valence-corrected chi connectivity index (χ0v) is 17.9. The molecule has 0 aliphatic heterocycles. The third-order valence-corrected chi connectivity index (χ3v) is 5.97. The number of carbonyl (C=O) groups excluding carboxylic acids is 1. The van der Waals surface area contributed by atoms with Gasteiger partial charge in [-0.25, -0.2) is 0 Å². The van der Waals surface area contributed by atoms with Crippen LogP contribution in [0.15, 0.2) is 53.3 Å². The maximum atomic E-state index is 12.7. The Labute approximate surface area is 178 Å². The van der Waals surface area contributed by atoms with E-state index in [4.69, 9.17) is 9.84 Å². The van der Waals surface area contributed by atoms with Crippen LogP contribution in [0.1, 0.15) is 47.8 Å². The number of aromatic nitrogens is 3. The lowest BCUT2D eigenvalue weighted by atomic mass is 10.1. The molecule has 1 aliphatic rings. The Morgan fingerprint density at radius 2 is 1.97 bits per heavy atom. The first-order valence-electron chi connectivity index (χ1n) is 9.76. The van der Waals surface area contributed by atoms with Crippen molar-refractivity contribution >= 4 is 21.8 Å². The average molecular weight is 455 g/mol. The van der Waals surface area contributed by atoms with Crippen molar-refractivity contribution in [3.05, 3.63) is 64.5 Å². The van der Waals surface area contributed by atoms with Crippen molar-refractivity contribution < 1.29 is 9.53 Å².